The van der Waals surface area contributed by atoms with E-state index in [1.54, 1.807) is 39.8 Å². The minimum Gasteiger partial charge on any atom is -0.308 e. The van der Waals surface area contributed by atoms with Gasteiger partial charge in [0.1, 0.15) is 23.3 Å². The molecule has 0 aliphatic carbocycles. The summed E-state index contributed by atoms with van der Waals surface area (Å²) in [5, 5.41) is 1.54. The van der Waals surface area contributed by atoms with Gasteiger partial charge in [-0.3, -0.25) is 0 Å². The van der Waals surface area contributed by atoms with E-state index in [-0.39, 0.29) is 17.2 Å². The maximum absolute atomic E-state index is 14.3. The van der Waals surface area contributed by atoms with E-state index < -0.39 is 23.5 Å². The third-order valence-electron chi connectivity index (χ3n) is 8.09. The lowest BCUT2D eigenvalue weighted by Crippen LogP contribution is -2.12. The van der Waals surface area contributed by atoms with Crippen molar-refractivity contribution in [2.45, 2.75) is 40.0 Å². The molecule has 4 aromatic carbocycles. The van der Waals surface area contributed by atoms with Crippen LogP contribution in [0.25, 0.3) is 61.4 Å². The number of nitrogens with zero attached hydrogens (tertiary/aromatic N) is 7. The summed E-state index contributed by atoms with van der Waals surface area (Å²) in [5.41, 5.74) is 0.0466. The second-order valence-electron chi connectivity index (χ2n) is 11.6. The molecule has 246 valence electrons. The first-order chi connectivity index (χ1) is 23.2. The highest BCUT2D eigenvalue weighted by molar-refractivity contribution is 6.10. The Morgan fingerprint density at radius 1 is 0.490 bits per heavy atom. The summed E-state index contributed by atoms with van der Waals surface area (Å²) in [7, 11) is 0. The van der Waals surface area contributed by atoms with Gasteiger partial charge in [0, 0.05) is 21.9 Å². The van der Waals surface area contributed by atoms with Crippen LogP contribution in [0.4, 0.5) is 26.3 Å². The van der Waals surface area contributed by atoms with Crippen molar-refractivity contribution in [1.29, 1.82) is 0 Å². The Bertz CT molecular complexity index is 2390. The zero-order chi connectivity index (χ0) is 34.8. The molecular formula is C36H25F6N7. The third kappa shape index (κ3) is 5.85. The molecule has 0 unspecified atom stereocenters. The quantitative estimate of drug-likeness (QED) is 0.174. The van der Waals surface area contributed by atoms with Gasteiger partial charge in [-0.1, -0.05) is 36.4 Å². The van der Waals surface area contributed by atoms with Gasteiger partial charge in [-0.2, -0.15) is 26.3 Å². The molecule has 0 saturated carbocycles. The van der Waals surface area contributed by atoms with Gasteiger partial charge in [0.2, 0.25) is 0 Å². The Labute approximate surface area is 275 Å². The Morgan fingerprint density at radius 2 is 1.08 bits per heavy atom. The fourth-order valence-electron chi connectivity index (χ4n) is 6.13. The number of hydrogen-bond donors (Lipinski definition) is 0. The summed E-state index contributed by atoms with van der Waals surface area (Å²) >= 11 is 0. The molecule has 0 amide bonds. The highest BCUT2D eigenvalue weighted by atomic mass is 19.4. The lowest BCUT2D eigenvalue weighted by molar-refractivity contribution is -0.142. The highest BCUT2D eigenvalue weighted by Gasteiger charge is 2.38. The maximum atomic E-state index is 14.3. The minimum atomic E-state index is -5.04. The number of para-hydroxylation sites is 1. The molecule has 0 aliphatic rings. The summed E-state index contributed by atoms with van der Waals surface area (Å²) in [6.45, 7) is 7.02. The summed E-state index contributed by atoms with van der Waals surface area (Å²) < 4.78 is 85.1. The van der Waals surface area contributed by atoms with Crippen LogP contribution in [0, 0.1) is 27.7 Å². The van der Waals surface area contributed by atoms with Gasteiger partial charge in [0.15, 0.2) is 11.6 Å². The van der Waals surface area contributed by atoms with Gasteiger partial charge in [-0.05, 0) is 81.3 Å². The topological polar surface area (TPSA) is 82.3 Å². The van der Waals surface area contributed by atoms with Gasteiger partial charge in [-0.25, -0.2) is 29.9 Å². The van der Waals surface area contributed by atoms with Crippen LogP contribution in [0.1, 0.15) is 34.4 Å². The van der Waals surface area contributed by atoms with Gasteiger partial charge in [-0.15, -0.1) is 0 Å². The Morgan fingerprint density at radius 3 is 1.71 bits per heavy atom. The van der Waals surface area contributed by atoms with Crippen LogP contribution in [0.15, 0.2) is 78.9 Å². The first-order valence-corrected chi connectivity index (χ1v) is 15.0. The van der Waals surface area contributed by atoms with Crippen LogP contribution < -0.4 is 0 Å². The predicted molar refractivity (Wildman–Crippen MR) is 173 cm³/mol. The fraction of sp³-hybridized carbons (Fsp3) is 0.167. The molecule has 0 bridgehead atoms. The zero-order valence-electron chi connectivity index (χ0n) is 26.4. The lowest BCUT2D eigenvalue weighted by Gasteiger charge is -2.17. The van der Waals surface area contributed by atoms with Gasteiger partial charge >= 0.3 is 12.4 Å². The van der Waals surface area contributed by atoms with Gasteiger partial charge in [0.25, 0.3) is 0 Å². The number of alkyl halides is 6. The van der Waals surface area contributed by atoms with Crippen LogP contribution in [0.5, 0.6) is 0 Å². The van der Waals surface area contributed by atoms with E-state index in [1.165, 1.54) is 6.07 Å². The molecule has 0 N–H and O–H groups in total. The molecule has 7 nitrogen and oxygen atoms in total. The molecule has 0 atom stereocenters. The molecule has 7 rings (SSSR count). The van der Waals surface area contributed by atoms with Crippen LogP contribution in [0.2, 0.25) is 0 Å². The molecular weight excluding hydrogens is 644 g/mol. The SMILES string of the molecule is Cc1nc(C)nc(-c2ccc(-n3c4ccccc4c4ccc(-c5ccc(C(F)(F)F)cc5C(F)(F)F)cc43)c(-c3nc(C)nc(C)n3)c2)n1. The molecule has 3 aromatic heterocycles. The highest BCUT2D eigenvalue weighted by Crippen LogP contribution is 2.43. The van der Waals surface area contributed by atoms with Crippen molar-refractivity contribution in [3.63, 3.8) is 0 Å². The lowest BCUT2D eigenvalue weighted by atomic mass is 9.96. The van der Waals surface area contributed by atoms with E-state index in [2.05, 4.69) is 29.9 Å². The standard InChI is InChI=1S/C36H25F6N7/c1-18-43-19(2)46-33(45-18)23-10-14-31(28(15-23)34-47-20(3)44-21(4)48-34)49-30-8-6-5-7-26(30)27-12-9-22(16-32(27)49)25-13-11-24(35(37,38)39)17-29(25)36(40,41)42/h5-17H,1-4H3. The Balaban J connectivity index is 1.53. The van der Waals surface area contributed by atoms with Crippen LogP contribution in [-0.4, -0.2) is 34.5 Å². The van der Waals surface area contributed by atoms with E-state index in [9.17, 15) is 26.3 Å². The number of halogens is 6. The van der Waals surface area contributed by atoms with Crippen LogP contribution in [0.3, 0.4) is 0 Å². The zero-order valence-corrected chi connectivity index (χ0v) is 26.4. The number of benzene rings is 4. The van der Waals surface area contributed by atoms with Gasteiger partial charge < -0.3 is 4.57 Å². The molecule has 0 radical (unpaired) electrons. The number of aryl methyl sites for hydroxylation is 4. The van der Waals surface area contributed by atoms with Crippen LogP contribution >= 0.6 is 0 Å². The second-order valence-corrected chi connectivity index (χ2v) is 11.6. The van der Waals surface area contributed by atoms with E-state index in [4.69, 9.17) is 0 Å². The molecule has 0 fully saturated rings. The van der Waals surface area contributed by atoms with Crippen molar-refractivity contribution in [3.05, 3.63) is 113 Å². The number of rotatable bonds is 4. The predicted octanol–water partition coefficient (Wildman–Crippen LogP) is 9.43. The average molecular weight is 670 g/mol. The summed E-state index contributed by atoms with van der Waals surface area (Å²) in [6.07, 6.45) is -9.98. The van der Waals surface area contributed by atoms with E-state index in [0.29, 0.717) is 63.3 Å². The summed E-state index contributed by atoms with van der Waals surface area (Å²) in [4.78, 5) is 26.9. The molecule has 13 heteroatoms. The number of aromatic nitrogens is 7. The smallest absolute Gasteiger partial charge is 0.308 e. The molecule has 3 heterocycles. The maximum Gasteiger partial charge on any atom is 0.417 e. The first-order valence-electron chi connectivity index (χ1n) is 15.0. The van der Waals surface area contributed by atoms with E-state index >= 15 is 0 Å². The normalized spacial score (nSPS) is 12.3. The molecule has 0 aliphatic heterocycles. The molecule has 0 spiro atoms. The van der Waals surface area contributed by atoms with Crippen LogP contribution in [-0.2, 0) is 12.4 Å². The molecule has 49 heavy (non-hydrogen) atoms. The van der Waals surface area contributed by atoms with Crippen molar-refractivity contribution >= 4 is 21.8 Å². The number of fused-ring (bicyclic) bond motifs is 3. The van der Waals surface area contributed by atoms with Crippen molar-refractivity contribution in [1.82, 2.24) is 34.5 Å². The van der Waals surface area contributed by atoms with Crippen molar-refractivity contribution in [2.24, 2.45) is 0 Å². The number of hydrogen-bond acceptors (Lipinski definition) is 6. The monoisotopic (exact) mass is 669 g/mol. The molecule has 0 saturated heterocycles. The van der Waals surface area contributed by atoms with E-state index in [1.807, 2.05) is 47.0 Å². The Hall–Kier alpha value is -5.72. The van der Waals surface area contributed by atoms with Crippen molar-refractivity contribution in [3.8, 4) is 39.6 Å². The van der Waals surface area contributed by atoms with Crippen molar-refractivity contribution in [2.75, 3.05) is 0 Å². The third-order valence-corrected chi connectivity index (χ3v) is 8.09. The molecule has 7 aromatic rings. The fourth-order valence-corrected chi connectivity index (χ4v) is 6.13. The summed E-state index contributed by atoms with van der Waals surface area (Å²) in [5.74, 6) is 2.84. The minimum absolute atomic E-state index is 0.0961. The van der Waals surface area contributed by atoms with E-state index in [0.717, 1.165) is 22.4 Å². The first kappa shape index (κ1) is 31.9. The Kier molecular flexibility index (Phi) is 7.45. The van der Waals surface area contributed by atoms with Gasteiger partial charge in [0.05, 0.1) is 27.8 Å². The average Bonchev–Trinajstić information content (AvgIpc) is 3.36. The van der Waals surface area contributed by atoms with Crippen molar-refractivity contribution < 1.29 is 26.3 Å². The summed E-state index contributed by atoms with van der Waals surface area (Å²) in [6, 6.07) is 19.4. The largest absolute Gasteiger partial charge is 0.417 e. The second kappa shape index (κ2) is 11.5.